The molecule has 0 radical (unpaired) electrons. The molecule has 1 saturated heterocycles. The molecule has 1 atom stereocenters. The van der Waals surface area contributed by atoms with Gasteiger partial charge in [0.15, 0.2) is 11.6 Å². The molecule has 2 aromatic carbocycles. The maximum absolute atomic E-state index is 14.3. The van der Waals surface area contributed by atoms with Gasteiger partial charge in [0.25, 0.3) is 0 Å². The van der Waals surface area contributed by atoms with E-state index in [1.165, 1.54) is 6.08 Å². The van der Waals surface area contributed by atoms with Crippen molar-refractivity contribution in [2.45, 2.75) is 12.5 Å². The molecule has 4 rings (SSSR count). The molecule has 2 heterocycles. The van der Waals surface area contributed by atoms with Gasteiger partial charge in [-0.2, -0.15) is 4.98 Å². The molecule has 0 unspecified atom stereocenters. The molecule has 0 aliphatic carbocycles. The third-order valence-corrected chi connectivity index (χ3v) is 4.62. The number of halogens is 1. The number of carbonyl (C=O) groups is 1. The van der Waals surface area contributed by atoms with Gasteiger partial charge in [0, 0.05) is 23.5 Å². The number of amides is 1. The van der Waals surface area contributed by atoms with Crippen LogP contribution in [-0.4, -0.2) is 35.2 Å². The molecule has 0 spiro atoms. The average Bonchev–Trinajstić information content (AvgIpc) is 3.30. The number of nitrogens with one attached hydrogen (secondary N) is 3. The van der Waals surface area contributed by atoms with E-state index < -0.39 is 5.82 Å². The van der Waals surface area contributed by atoms with Crippen LogP contribution in [0.5, 0.6) is 5.75 Å². The maximum atomic E-state index is 14.3. The molecule has 1 amide bonds. The molecule has 1 aromatic heterocycles. The Bertz CT molecular complexity index is 1100. The van der Waals surface area contributed by atoms with E-state index in [2.05, 4.69) is 32.5 Å². The van der Waals surface area contributed by atoms with E-state index in [4.69, 9.17) is 9.47 Å². The highest BCUT2D eigenvalue weighted by molar-refractivity contribution is 5.99. The summed E-state index contributed by atoms with van der Waals surface area (Å²) < 4.78 is 25.4. The van der Waals surface area contributed by atoms with Crippen LogP contribution in [0.25, 0.3) is 0 Å². The monoisotopic (exact) mass is 435 g/mol. The number of aromatic nitrogens is 2. The number of nitrogens with zero attached hydrogens (tertiary/aromatic N) is 2. The van der Waals surface area contributed by atoms with Crippen LogP contribution in [0.15, 0.2) is 67.4 Å². The lowest BCUT2D eigenvalue weighted by Crippen LogP contribution is -2.15. The fourth-order valence-corrected chi connectivity index (χ4v) is 3.06. The zero-order valence-corrected chi connectivity index (χ0v) is 17.2. The number of carbonyl (C=O) groups excluding carboxylic acids is 1. The van der Waals surface area contributed by atoms with E-state index in [-0.39, 0.29) is 23.8 Å². The summed E-state index contributed by atoms with van der Waals surface area (Å²) in [6, 6.07) is 14.1. The van der Waals surface area contributed by atoms with Crippen LogP contribution in [0.4, 0.5) is 33.2 Å². The lowest BCUT2D eigenvalue weighted by Gasteiger charge is -2.13. The molecule has 3 N–H and O–H groups in total. The second-order valence-corrected chi connectivity index (χ2v) is 7.04. The molecule has 32 heavy (non-hydrogen) atoms. The molecule has 9 heteroatoms. The van der Waals surface area contributed by atoms with Crippen molar-refractivity contribution in [1.82, 2.24) is 9.97 Å². The number of hydrogen-bond donors (Lipinski definition) is 3. The average molecular weight is 435 g/mol. The lowest BCUT2D eigenvalue weighted by atomic mass is 10.2. The Kier molecular flexibility index (Phi) is 6.57. The SMILES string of the molecule is C=CC(=O)Nc1cccc(Nc2ncc(F)c(Nc3ccc(O[C@H]4CCOC4)cc3)n2)c1. The van der Waals surface area contributed by atoms with Crippen LogP contribution >= 0.6 is 0 Å². The number of benzene rings is 2. The normalized spacial score (nSPS) is 15.1. The van der Waals surface area contributed by atoms with Gasteiger partial charge < -0.3 is 25.4 Å². The largest absolute Gasteiger partial charge is 0.488 e. The Balaban J connectivity index is 1.43. The molecule has 0 bridgehead atoms. The van der Waals surface area contributed by atoms with E-state index in [0.29, 0.717) is 30.3 Å². The smallest absolute Gasteiger partial charge is 0.247 e. The topological polar surface area (TPSA) is 97.4 Å². The first-order valence-corrected chi connectivity index (χ1v) is 10.0. The number of hydrogen-bond acceptors (Lipinski definition) is 7. The van der Waals surface area contributed by atoms with Crippen molar-refractivity contribution < 1.29 is 18.7 Å². The van der Waals surface area contributed by atoms with Gasteiger partial charge in [-0.1, -0.05) is 12.6 Å². The van der Waals surface area contributed by atoms with Gasteiger partial charge in [0.2, 0.25) is 11.9 Å². The Morgan fingerprint density at radius 2 is 1.97 bits per heavy atom. The van der Waals surface area contributed by atoms with Crippen molar-refractivity contribution in [2.75, 3.05) is 29.2 Å². The molecular formula is C23H22FN5O3. The third kappa shape index (κ3) is 5.58. The van der Waals surface area contributed by atoms with Crippen molar-refractivity contribution >= 4 is 34.7 Å². The summed E-state index contributed by atoms with van der Waals surface area (Å²) in [5.74, 6) is 0.0318. The number of anilines is 5. The molecular weight excluding hydrogens is 413 g/mol. The minimum atomic E-state index is -0.592. The van der Waals surface area contributed by atoms with Crippen molar-refractivity contribution in [3.8, 4) is 5.75 Å². The van der Waals surface area contributed by atoms with Crippen molar-refractivity contribution in [1.29, 1.82) is 0 Å². The van der Waals surface area contributed by atoms with E-state index in [1.54, 1.807) is 36.4 Å². The van der Waals surface area contributed by atoms with Crippen molar-refractivity contribution in [3.05, 3.63) is 73.2 Å². The van der Waals surface area contributed by atoms with Gasteiger partial charge in [0.05, 0.1) is 19.4 Å². The highest BCUT2D eigenvalue weighted by Crippen LogP contribution is 2.24. The Labute approximate surface area is 184 Å². The summed E-state index contributed by atoms with van der Waals surface area (Å²) in [4.78, 5) is 19.7. The van der Waals surface area contributed by atoms with Crippen molar-refractivity contribution in [2.24, 2.45) is 0 Å². The van der Waals surface area contributed by atoms with E-state index in [9.17, 15) is 9.18 Å². The molecule has 3 aromatic rings. The number of ether oxygens (including phenoxy) is 2. The summed E-state index contributed by atoms with van der Waals surface area (Å²) in [6.07, 6.45) is 3.19. The predicted molar refractivity (Wildman–Crippen MR) is 120 cm³/mol. The molecule has 1 fully saturated rings. The van der Waals surface area contributed by atoms with Gasteiger partial charge in [-0.25, -0.2) is 9.37 Å². The second-order valence-electron chi connectivity index (χ2n) is 7.04. The summed E-state index contributed by atoms with van der Waals surface area (Å²) in [5.41, 5.74) is 1.85. The quantitative estimate of drug-likeness (QED) is 0.451. The summed E-state index contributed by atoms with van der Waals surface area (Å²) >= 11 is 0. The van der Waals surface area contributed by atoms with E-state index >= 15 is 0 Å². The second kappa shape index (κ2) is 9.88. The van der Waals surface area contributed by atoms with Gasteiger partial charge in [-0.15, -0.1) is 0 Å². The van der Waals surface area contributed by atoms with Crippen LogP contribution < -0.4 is 20.7 Å². The Hall–Kier alpha value is -3.98. The number of rotatable bonds is 8. The summed E-state index contributed by atoms with van der Waals surface area (Å²) in [6.45, 7) is 4.72. The Morgan fingerprint density at radius 1 is 1.16 bits per heavy atom. The van der Waals surface area contributed by atoms with Crippen LogP contribution in [0, 0.1) is 5.82 Å². The lowest BCUT2D eigenvalue weighted by molar-refractivity contribution is -0.111. The standard InChI is InChI=1S/C23H22FN5O3/c1-2-21(30)26-16-4-3-5-17(12-16)28-23-25-13-20(24)22(29-23)27-15-6-8-18(9-7-15)32-19-10-11-31-14-19/h2-9,12-13,19H,1,10-11,14H2,(H,26,30)(H2,25,27,28,29)/t19-/m0/s1. The highest BCUT2D eigenvalue weighted by atomic mass is 19.1. The third-order valence-electron chi connectivity index (χ3n) is 4.62. The molecule has 1 aliphatic heterocycles. The van der Waals surface area contributed by atoms with Crippen LogP contribution in [0.1, 0.15) is 6.42 Å². The van der Waals surface area contributed by atoms with Gasteiger partial charge in [-0.3, -0.25) is 4.79 Å². The van der Waals surface area contributed by atoms with Gasteiger partial charge >= 0.3 is 0 Å². The van der Waals surface area contributed by atoms with Crippen molar-refractivity contribution in [3.63, 3.8) is 0 Å². The summed E-state index contributed by atoms with van der Waals surface area (Å²) in [5, 5.41) is 8.62. The minimum absolute atomic E-state index is 0.0245. The van der Waals surface area contributed by atoms with Crippen LogP contribution in [-0.2, 0) is 9.53 Å². The van der Waals surface area contributed by atoms with Crippen LogP contribution in [0.3, 0.4) is 0 Å². The highest BCUT2D eigenvalue weighted by Gasteiger charge is 2.17. The van der Waals surface area contributed by atoms with Crippen LogP contribution in [0.2, 0.25) is 0 Å². The van der Waals surface area contributed by atoms with E-state index in [0.717, 1.165) is 18.4 Å². The van der Waals surface area contributed by atoms with Gasteiger partial charge in [-0.05, 0) is 48.5 Å². The Morgan fingerprint density at radius 3 is 2.72 bits per heavy atom. The first-order chi connectivity index (χ1) is 15.6. The fraction of sp³-hybridized carbons (Fsp3) is 0.174. The molecule has 0 saturated carbocycles. The first kappa shape index (κ1) is 21.3. The molecule has 164 valence electrons. The zero-order chi connectivity index (χ0) is 22.3. The predicted octanol–water partition coefficient (Wildman–Crippen LogP) is 4.40. The summed E-state index contributed by atoms with van der Waals surface area (Å²) in [7, 11) is 0. The van der Waals surface area contributed by atoms with E-state index in [1.807, 2.05) is 12.1 Å². The maximum Gasteiger partial charge on any atom is 0.247 e. The van der Waals surface area contributed by atoms with Gasteiger partial charge in [0.1, 0.15) is 11.9 Å². The first-order valence-electron chi connectivity index (χ1n) is 10.0. The fourth-order valence-electron chi connectivity index (χ4n) is 3.06. The molecule has 8 nitrogen and oxygen atoms in total. The molecule has 1 aliphatic rings. The zero-order valence-electron chi connectivity index (χ0n) is 17.2. The minimum Gasteiger partial charge on any atom is -0.488 e.